The largest absolute Gasteiger partial charge is 0.143 e. The summed E-state index contributed by atoms with van der Waals surface area (Å²) in [5, 5.41) is 2.18. The van der Waals surface area contributed by atoms with Crippen LogP contribution in [-0.4, -0.2) is 0 Å². The van der Waals surface area contributed by atoms with E-state index in [-0.39, 0.29) is 0 Å². The molecule has 0 atom stereocenters. The highest BCUT2D eigenvalue weighted by atomic mass is 32.1. The first kappa shape index (κ1) is 12.2. The summed E-state index contributed by atoms with van der Waals surface area (Å²) in [7, 11) is 0. The lowest BCUT2D eigenvalue weighted by atomic mass is 9.97. The smallest absolute Gasteiger partial charge is 0.0423 e. The highest BCUT2D eigenvalue weighted by Gasteiger charge is 2.11. The molecule has 94 valence electrons. The molecular formula is C18H16S. The van der Waals surface area contributed by atoms with E-state index in [1.807, 2.05) is 11.3 Å². The van der Waals surface area contributed by atoms with Crippen LogP contribution in [0.2, 0.25) is 0 Å². The minimum atomic E-state index is 1.33. The van der Waals surface area contributed by atoms with Gasteiger partial charge in [0, 0.05) is 10.4 Å². The molecule has 0 amide bonds. The Morgan fingerprint density at radius 3 is 1.84 bits per heavy atom. The molecule has 3 aromatic rings. The number of hydrogen-bond donors (Lipinski definition) is 0. The van der Waals surface area contributed by atoms with Crippen LogP contribution < -0.4 is 0 Å². The second-order valence-electron chi connectivity index (χ2n) is 4.79. The van der Waals surface area contributed by atoms with Gasteiger partial charge in [0.05, 0.1) is 0 Å². The van der Waals surface area contributed by atoms with Crippen molar-refractivity contribution in [3.8, 4) is 21.6 Å². The average Bonchev–Trinajstić information content (AvgIpc) is 2.89. The first-order valence-corrected chi connectivity index (χ1v) is 7.35. The standard InChI is InChI=1S/C18H16S/c1-13-7-3-5-9-15(13)17-11-12-19-18(17)16-10-6-4-8-14(16)2/h3-12H,1-2H3. The molecule has 0 aliphatic heterocycles. The zero-order valence-electron chi connectivity index (χ0n) is 11.2. The normalized spacial score (nSPS) is 10.6. The second kappa shape index (κ2) is 5.02. The van der Waals surface area contributed by atoms with Crippen molar-refractivity contribution < 1.29 is 0 Å². The molecule has 0 aliphatic carbocycles. The Morgan fingerprint density at radius 1 is 0.632 bits per heavy atom. The van der Waals surface area contributed by atoms with Gasteiger partial charge in [0.25, 0.3) is 0 Å². The Balaban J connectivity index is 2.20. The van der Waals surface area contributed by atoms with Gasteiger partial charge in [0.1, 0.15) is 0 Å². The zero-order valence-corrected chi connectivity index (χ0v) is 12.0. The molecule has 0 bridgehead atoms. The second-order valence-corrected chi connectivity index (χ2v) is 5.71. The van der Waals surface area contributed by atoms with Gasteiger partial charge in [-0.3, -0.25) is 0 Å². The minimum Gasteiger partial charge on any atom is -0.143 e. The van der Waals surface area contributed by atoms with Gasteiger partial charge in [0.2, 0.25) is 0 Å². The summed E-state index contributed by atoms with van der Waals surface area (Å²) in [4.78, 5) is 1.37. The summed E-state index contributed by atoms with van der Waals surface area (Å²) < 4.78 is 0. The highest BCUT2D eigenvalue weighted by Crippen LogP contribution is 2.39. The van der Waals surface area contributed by atoms with Crippen LogP contribution in [-0.2, 0) is 0 Å². The maximum atomic E-state index is 2.23. The maximum Gasteiger partial charge on any atom is 0.0423 e. The Hall–Kier alpha value is -1.86. The summed E-state index contributed by atoms with van der Waals surface area (Å²) in [6, 6.07) is 19.4. The number of rotatable bonds is 2. The molecule has 0 unspecified atom stereocenters. The molecule has 0 saturated carbocycles. The van der Waals surface area contributed by atoms with Crippen LogP contribution in [0.15, 0.2) is 60.0 Å². The van der Waals surface area contributed by atoms with Crippen LogP contribution in [0.1, 0.15) is 11.1 Å². The Kier molecular flexibility index (Phi) is 3.22. The van der Waals surface area contributed by atoms with Crippen LogP contribution in [0.3, 0.4) is 0 Å². The van der Waals surface area contributed by atoms with Gasteiger partial charge in [-0.2, -0.15) is 0 Å². The molecule has 0 fully saturated rings. The topological polar surface area (TPSA) is 0 Å². The minimum absolute atomic E-state index is 1.33. The van der Waals surface area contributed by atoms with E-state index in [2.05, 4.69) is 73.8 Å². The molecule has 2 aromatic carbocycles. The molecule has 0 spiro atoms. The summed E-state index contributed by atoms with van der Waals surface area (Å²) in [5.74, 6) is 0. The lowest BCUT2D eigenvalue weighted by Crippen LogP contribution is -1.85. The number of aryl methyl sites for hydroxylation is 2. The zero-order chi connectivity index (χ0) is 13.2. The summed E-state index contributed by atoms with van der Waals surface area (Å²) in [5.41, 5.74) is 6.69. The van der Waals surface area contributed by atoms with Crippen molar-refractivity contribution in [1.82, 2.24) is 0 Å². The molecule has 1 heteroatoms. The van der Waals surface area contributed by atoms with Crippen molar-refractivity contribution in [2.45, 2.75) is 13.8 Å². The third-order valence-corrected chi connectivity index (χ3v) is 4.44. The molecule has 1 aromatic heterocycles. The van der Waals surface area contributed by atoms with E-state index in [4.69, 9.17) is 0 Å². The lowest BCUT2D eigenvalue weighted by molar-refractivity contribution is 1.45. The highest BCUT2D eigenvalue weighted by molar-refractivity contribution is 7.14. The van der Waals surface area contributed by atoms with Gasteiger partial charge in [-0.1, -0.05) is 48.5 Å². The quantitative estimate of drug-likeness (QED) is 0.557. The summed E-state index contributed by atoms with van der Waals surface area (Å²) in [6.45, 7) is 4.35. The van der Waals surface area contributed by atoms with E-state index in [0.717, 1.165) is 0 Å². The fraction of sp³-hybridized carbons (Fsp3) is 0.111. The molecule has 0 radical (unpaired) electrons. The van der Waals surface area contributed by atoms with Crippen LogP contribution >= 0.6 is 11.3 Å². The van der Waals surface area contributed by atoms with Crippen molar-refractivity contribution in [1.29, 1.82) is 0 Å². The van der Waals surface area contributed by atoms with Crippen molar-refractivity contribution in [2.75, 3.05) is 0 Å². The van der Waals surface area contributed by atoms with Crippen LogP contribution in [0, 0.1) is 13.8 Å². The van der Waals surface area contributed by atoms with Crippen LogP contribution in [0.4, 0.5) is 0 Å². The van der Waals surface area contributed by atoms with Gasteiger partial charge < -0.3 is 0 Å². The molecule has 3 rings (SSSR count). The SMILES string of the molecule is Cc1ccccc1-c1ccsc1-c1ccccc1C. The van der Waals surface area contributed by atoms with Crippen LogP contribution in [0.5, 0.6) is 0 Å². The molecule has 0 saturated heterocycles. The molecule has 1 heterocycles. The van der Waals surface area contributed by atoms with E-state index < -0.39 is 0 Å². The van der Waals surface area contributed by atoms with E-state index in [0.29, 0.717) is 0 Å². The van der Waals surface area contributed by atoms with Crippen molar-refractivity contribution in [2.24, 2.45) is 0 Å². The summed E-state index contributed by atoms with van der Waals surface area (Å²) in [6.07, 6.45) is 0. The van der Waals surface area contributed by atoms with E-state index in [9.17, 15) is 0 Å². The van der Waals surface area contributed by atoms with Gasteiger partial charge in [0.15, 0.2) is 0 Å². The first-order valence-electron chi connectivity index (χ1n) is 6.47. The van der Waals surface area contributed by atoms with Gasteiger partial charge in [-0.05, 0) is 47.5 Å². The first-order chi connectivity index (χ1) is 9.27. The van der Waals surface area contributed by atoms with Crippen LogP contribution in [0.25, 0.3) is 21.6 Å². The lowest BCUT2D eigenvalue weighted by Gasteiger charge is -2.09. The molecule has 0 nitrogen and oxygen atoms in total. The molecule has 0 N–H and O–H groups in total. The Bertz CT molecular complexity index is 647. The van der Waals surface area contributed by atoms with E-state index in [1.165, 1.54) is 32.7 Å². The van der Waals surface area contributed by atoms with E-state index in [1.54, 1.807) is 0 Å². The third-order valence-electron chi connectivity index (χ3n) is 3.49. The van der Waals surface area contributed by atoms with Crippen molar-refractivity contribution in [3.63, 3.8) is 0 Å². The summed E-state index contributed by atoms with van der Waals surface area (Å²) >= 11 is 1.82. The Labute approximate surface area is 118 Å². The predicted octanol–water partition coefficient (Wildman–Crippen LogP) is 5.70. The molecular weight excluding hydrogens is 248 g/mol. The fourth-order valence-electron chi connectivity index (χ4n) is 2.43. The van der Waals surface area contributed by atoms with Gasteiger partial charge in [-0.25, -0.2) is 0 Å². The third kappa shape index (κ3) is 2.22. The predicted molar refractivity (Wildman–Crippen MR) is 84.7 cm³/mol. The molecule has 0 aliphatic rings. The number of thiophene rings is 1. The van der Waals surface area contributed by atoms with Crippen molar-refractivity contribution in [3.05, 3.63) is 71.1 Å². The monoisotopic (exact) mass is 264 g/mol. The Morgan fingerprint density at radius 2 is 1.21 bits per heavy atom. The maximum absolute atomic E-state index is 2.23. The fourth-order valence-corrected chi connectivity index (χ4v) is 3.43. The van der Waals surface area contributed by atoms with Gasteiger partial charge >= 0.3 is 0 Å². The number of hydrogen-bond acceptors (Lipinski definition) is 1. The van der Waals surface area contributed by atoms with Crippen molar-refractivity contribution >= 4 is 11.3 Å². The average molecular weight is 264 g/mol. The molecule has 19 heavy (non-hydrogen) atoms. The number of benzene rings is 2. The van der Waals surface area contributed by atoms with E-state index >= 15 is 0 Å². The van der Waals surface area contributed by atoms with Gasteiger partial charge in [-0.15, -0.1) is 11.3 Å².